The minimum atomic E-state index is -0.606. The molecule has 34 heavy (non-hydrogen) atoms. The molecule has 0 fully saturated rings. The van der Waals surface area contributed by atoms with Crippen molar-refractivity contribution in [1.29, 1.82) is 0 Å². The van der Waals surface area contributed by atoms with Crippen LogP contribution in [0.2, 0.25) is 0 Å². The van der Waals surface area contributed by atoms with E-state index in [0.717, 1.165) is 21.6 Å². The van der Waals surface area contributed by atoms with Gasteiger partial charge in [-0.3, -0.25) is 15.1 Å². The first-order valence-corrected chi connectivity index (χ1v) is 11.5. The third kappa shape index (κ3) is 5.74. The molecule has 8 nitrogen and oxygen atoms in total. The van der Waals surface area contributed by atoms with E-state index in [-0.39, 0.29) is 5.91 Å². The zero-order valence-electron chi connectivity index (χ0n) is 19.4. The van der Waals surface area contributed by atoms with E-state index in [4.69, 9.17) is 4.74 Å². The standard InChI is InChI=1S/C25H25N5O3S/c1-15-22(21(34-30-15)13-18-14-26-19-10-5-6-11-20(19)27-18)23(31)28-16-8-7-9-17(12-16)29-24(32)33-25(2,3)4/h5-12,14H,13H2,1-4H3,(H,28,31)(H,29,32). The van der Waals surface area contributed by atoms with Crippen LogP contribution in [0.25, 0.3) is 11.0 Å². The summed E-state index contributed by atoms with van der Waals surface area (Å²) in [7, 11) is 0. The van der Waals surface area contributed by atoms with Crippen LogP contribution in [0.4, 0.5) is 16.2 Å². The van der Waals surface area contributed by atoms with E-state index >= 15 is 0 Å². The summed E-state index contributed by atoms with van der Waals surface area (Å²) in [4.78, 5) is 35.1. The molecule has 4 aromatic rings. The van der Waals surface area contributed by atoms with Gasteiger partial charge in [-0.25, -0.2) is 9.78 Å². The smallest absolute Gasteiger partial charge is 0.412 e. The third-order valence-electron chi connectivity index (χ3n) is 4.77. The monoisotopic (exact) mass is 475 g/mol. The Morgan fingerprint density at radius 2 is 1.71 bits per heavy atom. The summed E-state index contributed by atoms with van der Waals surface area (Å²) >= 11 is 1.28. The number of amides is 2. The molecule has 2 N–H and O–H groups in total. The second kappa shape index (κ2) is 9.56. The lowest BCUT2D eigenvalue weighted by Gasteiger charge is -2.19. The molecule has 0 aliphatic rings. The van der Waals surface area contributed by atoms with Gasteiger partial charge in [-0.15, -0.1) is 0 Å². The molecule has 0 spiro atoms. The van der Waals surface area contributed by atoms with Crippen molar-refractivity contribution in [2.45, 2.75) is 39.7 Å². The Kier molecular flexibility index (Phi) is 6.56. The molecular formula is C25H25N5O3S. The fraction of sp³-hybridized carbons (Fsp3) is 0.240. The van der Waals surface area contributed by atoms with Gasteiger partial charge in [0.15, 0.2) is 0 Å². The summed E-state index contributed by atoms with van der Waals surface area (Å²) in [6, 6.07) is 14.6. The Labute approximate surface area is 201 Å². The lowest BCUT2D eigenvalue weighted by Crippen LogP contribution is -2.27. The minimum Gasteiger partial charge on any atom is -0.444 e. The second-order valence-corrected chi connectivity index (χ2v) is 9.61. The summed E-state index contributed by atoms with van der Waals surface area (Å²) in [6.07, 6.45) is 1.62. The van der Waals surface area contributed by atoms with Crippen molar-refractivity contribution < 1.29 is 14.3 Å². The Balaban J connectivity index is 1.50. The van der Waals surface area contributed by atoms with E-state index in [1.54, 1.807) is 51.2 Å². The lowest BCUT2D eigenvalue weighted by molar-refractivity contribution is 0.0636. The van der Waals surface area contributed by atoms with E-state index in [9.17, 15) is 9.59 Å². The molecule has 0 radical (unpaired) electrons. The molecule has 9 heteroatoms. The van der Waals surface area contributed by atoms with Crippen LogP contribution in [-0.2, 0) is 11.2 Å². The maximum absolute atomic E-state index is 13.1. The first-order valence-electron chi connectivity index (χ1n) is 10.8. The third-order valence-corrected chi connectivity index (χ3v) is 5.70. The van der Waals surface area contributed by atoms with Gasteiger partial charge >= 0.3 is 6.09 Å². The highest BCUT2D eigenvalue weighted by atomic mass is 32.1. The van der Waals surface area contributed by atoms with Gasteiger partial charge in [0.05, 0.1) is 28.0 Å². The van der Waals surface area contributed by atoms with Gasteiger partial charge in [0.1, 0.15) is 5.60 Å². The number of nitrogens with zero attached hydrogens (tertiary/aromatic N) is 3. The number of nitrogens with one attached hydrogen (secondary N) is 2. The Morgan fingerprint density at radius 3 is 2.44 bits per heavy atom. The van der Waals surface area contributed by atoms with Crippen molar-refractivity contribution >= 4 is 45.9 Å². The summed E-state index contributed by atoms with van der Waals surface area (Å²) in [5.74, 6) is -0.274. The van der Waals surface area contributed by atoms with Crippen LogP contribution in [0.15, 0.2) is 54.7 Å². The average molecular weight is 476 g/mol. The van der Waals surface area contributed by atoms with Crippen molar-refractivity contribution in [3.8, 4) is 0 Å². The first kappa shape index (κ1) is 23.3. The van der Waals surface area contributed by atoms with Crippen LogP contribution in [0.5, 0.6) is 0 Å². The normalized spacial score (nSPS) is 11.3. The quantitative estimate of drug-likeness (QED) is 0.390. The number of para-hydroxylation sites is 2. The second-order valence-electron chi connectivity index (χ2n) is 8.75. The number of benzene rings is 2. The molecule has 2 aromatic carbocycles. The maximum atomic E-state index is 13.1. The number of hydrogen-bond acceptors (Lipinski definition) is 7. The van der Waals surface area contributed by atoms with Gasteiger partial charge in [-0.1, -0.05) is 18.2 Å². The summed E-state index contributed by atoms with van der Waals surface area (Å²) < 4.78 is 9.67. The molecule has 4 rings (SSSR count). The van der Waals surface area contributed by atoms with Crippen molar-refractivity contribution in [2.75, 3.05) is 10.6 Å². The highest BCUT2D eigenvalue weighted by Crippen LogP contribution is 2.24. The average Bonchev–Trinajstić information content (AvgIpc) is 3.12. The van der Waals surface area contributed by atoms with E-state index in [2.05, 4.69) is 25.0 Å². The number of carbonyl (C=O) groups excluding carboxylic acids is 2. The molecular weight excluding hydrogens is 450 g/mol. The molecule has 174 valence electrons. The molecule has 0 aliphatic heterocycles. The SMILES string of the molecule is Cc1nsc(Cc2cnc3ccccc3n2)c1C(=O)Nc1cccc(NC(=O)OC(C)(C)C)c1. The molecule has 0 saturated carbocycles. The molecule has 0 aliphatic carbocycles. The fourth-order valence-electron chi connectivity index (χ4n) is 3.36. The van der Waals surface area contributed by atoms with Crippen molar-refractivity contribution in [3.63, 3.8) is 0 Å². The molecule has 0 bridgehead atoms. The first-order chi connectivity index (χ1) is 16.2. The van der Waals surface area contributed by atoms with Gasteiger partial charge < -0.3 is 10.1 Å². The van der Waals surface area contributed by atoms with Crippen LogP contribution in [-0.4, -0.2) is 31.9 Å². The molecule has 0 unspecified atom stereocenters. The molecule has 0 atom stereocenters. The molecule has 0 saturated heterocycles. The number of aromatic nitrogens is 3. The zero-order chi connectivity index (χ0) is 24.3. The van der Waals surface area contributed by atoms with Crippen LogP contribution in [0, 0.1) is 6.92 Å². The van der Waals surface area contributed by atoms with Crippen LogP contribution in [0.1, 0.15) is 47.4 Å². The number of carbonyl (C=O) groups is 2. The van der Waals surface area contributed by atoms with Gasteiger partial charge in [-0.05, 0) is 69.6 Å². The fourth-order valence-corrected chi connectivity index (χ4v) is 4.25. The number of anilines is 2. The van der Waals surface area contributed by atoms with Crippen LogP contribution < -0.4 is 10.6 Å². The highest BCUT2D eigenvalue weighted by Gasteiger charge is 2.20. The number of ether oxygens (including phenoxy) is 1. The summed E-state index contributed by atoms with van der Waals surface area (Å²) in [5.41, 5.74) is 4.01. The minimum absolute atomic E-state index is 0.274. The highest BCUT2D eigenvalue weighted by molar-refractivity contribution is 7.06. The molecule has 2 aromatic heterocycles. The van der Waals surface area contributed by atoms with Crippen LogP contribution >= 0.6 is 11.5 Å². The van der Waals surface area contributed by atoms with E-state index in [1.165, 1.54) is 11.5 Å². The predicted octanol–water partition coefficient (Wildman–Crippen LogP) is 5.58. The van der Waals surface area contributed by atoms with Crippen LogP contribution in [0.3, 0.4) is 0 Å². The van der Waals surface area contributed by atoms with E-state index in [1.807, 2.05) is 31.2 Å². The Bertz CT molecular complexity index is 1360. The number of hydrogen-bond donors (Lipinski definition) is 2. The van der Waals surface area contributed by atoms with Gasteiger partial charge in [-0.2, -0.15) is 4.37 Å². The van der Waals surface area contributed by atoms with E-state index < -0.39 is 11.7 Å². The molecule has 2 heterocycles. The topological polar surface area (TPSA) is 106 Å². The molecule has 2 amide bonds. The largest absolute Gasteiger partial charge is 0.444 e. The lowest BCUT2D eigenvalue weighted by atomic mass is 10.1. The Hall–Kier alpha value is -3.85. The van der Waals surface area contributed by atoms with Crippen molar-refractivity contribution in [2.24, 2.45) is 0 Å². The predicted molar refractivity (Wildman–Crippen MR) is 133 cm³/mol. The summed E-state index contributed by atoms with van der Waals surface area (Å²) in [6.45, 7) is 7.19. The number of rotatable bonds is 5. The maximum Gasteiger partial charge on any atom is 0.412 e. The van der Waals surface area contributed by atoms with Crippen molar-refractivity contribution in [3.05, 3.63) is 76.6 Å². The van der Waals surface area contributed by atoms with Gasteiger partial charge in [0, 0.05) is 28.9 Å². The van der Waals surface area contributed by atoms with Gasteiger partial charge in [0.2, 0.25) is 0 Å². The number of fused-ring (bicyclic) bond motifs is 1. The van der Waals surface area contributed by atoms with E-state index in [0.29, 0.717) is 29.1 Å². The van der Waals surface area contributed by atoms with Crippen molar-refractivity contribution in [1.82, 2.24) is 14.3 Å². The number of aryl methyl sites for hydroxylation is 1. The zero-order valence-corrected chi connectivity index (χ0v) is 20.2. The van der Waals surface area contributed by atoms with Gasteiger partial charge in [0.25, 0.3) is 5.91 Å². The Morgan fingerprint density at radius 1 is 1.00 bits per heavy atom. The summed E-state index contributed by atoms with van der Waals surface area (Å²) in [5, 5.41) is 5.58.